The molecule has 1 heterocycles. The largest absolute Gasteiger partial charge is 0.334 e. The van der Waals surface area contributed by atoms with Gasteiger partial charge in [-0.15, -0.1) is 0 Å². The lowest BCUT2D eigenvalue weighted by Gasteiger charge is -2.08. The molecule has 1 N–H and O–H groups in total. The zero-order valence-corrected chi connectivity index (χ0v) is 14.1. The Hall–Kier alpha value is -2.48. The molecule has 5 nitrogen and oxygen atoms in total. The van der Waals surface area contributed by atoms with Crippen LogP contribution in [0.4, 0.5) is 17.2 Å². The first-order valence-corrected chi connectivity index (χ1v) is 7.95. The van der Waals surface area contributed by atoms with Crippen LogP contribution in [0.15, 0.2) is 66.7 Å². The van der Waals surface area contributed by atoms with Crippen LogP contribution in [0, 0.1) is 13.7 Å². The Labute approximate surface area is 146 Å². The molecule has 3 aromatic rings. The van der Waals surface area contributed by atoms with E-state index in [0.717, 1.165) is 14.8 Å². The molecule has 114 valence electrons. The van der Waals surface area contributed by atoms with Crippen molar-refractivity contribution in [3.05, 3.63) is 80.4 Å². The minimum Gasteiger partial charge on any atom is -0.334 e. The molecular weight excluding hydrogens is 405 g/mol. The van der Waals surface area contributed by atoms with Gasteiger partial charge < -0.3 is 5.32 Å². The highest BCUT2D eigenvalue weighted by Crippen LogP contribution is 2.29. The lowest BCUT2D eigenvalue weighted by atomic mass is 10.1. The van der Waals surface area contributed by atoms with Gasteiger partial charge in [0.15, 0.2) is 0 Å². The maximum Gasteiger partial charge on any atom is 0.311 e. The number of aromatic nitrogens is 1. The Morgan fingerprint density at radius 3 is 2.30 bits per heavy atom. The lowest BCUT2D eigenvalue weighted by molar-refractivity contribution is -0.384. The first-order valence-electron chi connectivity index (χ1n) is 6.87. The van der Waals surface area contributed by atoms with Gasteiger partial charge >= 0.3 is 5.69 Å². The Morgan fingerprint density at radius 1 is 0.957 bits per heavy atom. The summed E-state index contributed by atoms with van der Waals surface area (Å²) in [5.41, 5.74) is 2.30. The molecule has 6 heteroatoms. The fourth-order valence-electron chi connectivity index (χ4n) is 2.13. The minimum atomic E-state index is -0.434. The predicted octanol–water partition coefficient (Wildman–Crippen LogP) is 5.01. The fraction of sp³-hybridized carbons (Fsp3) is 0. The van der Waals surface area contributed by atoms with Crippen LogP contribution in [0.1, 0.15) is 0 Å². The van der Waals surface area contributed by atoms with E-state index >= 15 is 0 Å². The highest BCUT2D eigenvalue weighted by atomic mass is 127. The molecule has 0 saturated carbocycles. The van der Waals surface area contributed by atoms with Crippen LogP contribution in [0.3, 0.4) is 0 Å². The molecule has 3 rings (SSSR count). The molecule has 0 bridgehead atoms. The third-order valence-corrected chi connectivity index (χ3v) is 3.97. The number of nitro groups is 1. The highest BCUT2D eigenvalue weighted by molar-refractivity contribution is 14.1. The summed E-state index contributed by atoms with van der Waals surface area (Å²) in [6.07, 6.45) is 0. The molecule has 0 fully saturated rings. The van der Waals surface area contributed by atoms with Crippen LogP contribution >= 0.6 is 22.6 Å². The molecule has 0 radical (unpaired) electrons. The topological polar surface area (TPSA) is 68.1 Å². The summed E-state index contributed by atoms with van der Waals surface area (Å²) in [5, 5.41) is 14.3. The third-order valence-electron chi connectivity index (χ3n) is 3.25. The van der Waals surface area contributed by atoms with Crippen LogP contribution in [0.5, 0.6) is 0 Å². The van der Waals surface area contributed by atoms with Crippen LogP contribution < -0.4 is 5.32 Å². The molecule has 0 saturated heterocycles. The summed E-state index contributed by atoms with van der Waals surface area (Å²) in [6, 6.07) is 20.3. The summed E-state index contributed by atoms with van der Waals surface area (Å²) in [4.78, 5) is 15.2. The van der Waals surface area contributed by atoms with Crippen LogP contribution in [0.2, 0.25) is 0 Å². The second-order valence-electron chi connectivity index (χ2n) is 4.82. The van der Waals surface area contributed by atoms with Crippen molar-refractivity contribution in [1.29, 1.82) is 0 Å². The number of benzene rings is 2. The zero-order chi connectivity index (χ0) is 16.2. The van der Waals surface area contributed by atoms with E-state index in [-0.39, 0.29) is 11.5 Å². The molecule has 0 aliphatic carbocycles. The van der Waals surface area contributed by atoms with Crippen LogP contribution in [-0.2, 0) is 0 Å². The monoisotopic (exact) mass is 417 g/mol. The van der Waals surface area contributed by atoms with Crippen molar-refractivity contribution in [2.45, 2.75) is 0 Å². The van der Waals surface area contributed by atoms with Gasteiger partial charge in [-0.2, -0.15) is 0 Å². The van der Waals surface area contributed by atoms with Crippen molar-refractivity contribution in [1.82, 2.24) is 4.98 Å². The maximum atomic E-state index is 11.2. The first kappa shape index (κ1) is 15.4. The number of pyridine rings is 1. The number of nitrogens with one attached hydrogen (secondary N) is 1. The SMILES string of the molecule is O=[N+]([O-])c1ccc(-c2ccccc2)nc1Nc1ccc(I)cc1. The van der Waals surface area contributed by atoms with E-state index in [0.29, 0.717) is 5.69 Å². The van der Waals surface area contributed by atoms with E-state index in [1.807, 2.05) is 54.6 Å². The van der Waals surface area contributed by atoms with Gasteiger partial charge in [-0.1, -0.05) is 30.3 Å². The van der Waals surface area contributed by atoms with E-state index in [1.54, 1.807) is 6.07 Å². The second kappa shape index (κ2) is 6.74. The minimum absolute atomic E-state index is 0.0526. The molecule has 0 unspecified atom stereocenters. The summed E-state index contributed by atoms with van der Waals surface area (Å²) in [6.45, 7) is 0. The van der Waals surface area contributed by atoms with Crippen molar-refractivity contribution in [2.24, 2.45) is 0 Å². The Morgan fingerprint density at radius 2 is 1.65 bits per heavy atom. The molecule has 0 aliphatic rings. The summed E-state index contributed by atoms with van der Waals surface area (Å²) in [5.74, 6) is 0.234. The summed E-state index contributed by atoms with van der Waals surface area (Å²) >= 11 is 2.21. The van der Waals surface area contributed by atoms with E-state index in [1.165, 1.54) is 6.07 Å². The Balaban J connectivity index is 2.01. The lowest BCUT2D eigenvalue weighted by Crippen LogP contribution is -2.00. The first-order chi connectivity index (χ1) is 11.1. The normalized spacial score (nSPS) is 10.3. The van der Waals surface area contributed by atoms with Gasteiger partial charge in [0.2, 0.25) is 5.82 Å². The summed E-state index contributed by atoms with van der Waals surface area (Å²) in [7, 11) is 0. The van der Waals surface area contributed by atoms with E-state index in [2.05, 4.69) is 32.9 Å². The predicted molar refractivity (Wildman–Crippen MR) is 98.8 cm³/mol. The number of rotatable bonds is 4. The summed E-state index contributed by atoms with van der Waals surface area (Å²) < 4.78 is 1.09. The van der Waals surface area contributed by atoms with Gasteiger partial charge in [-0.05, 0) is 52.9 Å². The van der Waals surface area contributed by atoms with Gasteiger partial charge in [0.1, 0.15) is 0 Å². The van der Waals surface area contributed by atoms with E-state index < -0.39 is 4.92 Å². The standard InChI is InChI=1S/C17H12IN3O2/c18-13-6-8-14(9-7-13)19-17-16(21(22)23)11-10-15(20-17)12-4-2-1-3-5-12/h1-11H,(H,19,20). The van der Waals surface area contributed by atoms with Gasteiger partial charge in [0, 0.05) is 20.9 Å². The smallest absolute Gasteiger partial charge is 0.311 e. The molecule has 0 spiro atoms. The number of anilines is 2. The molecule has 0 amide bonds. The van der Waals surface area contributed by atoms with Gasteiger partial charge in [-0.3, -0.25) is 10.1 Å². The third kappa shape index (κ3) is 3.65. The number of halogens is 1. The molecular formula is C17H12IN3O2. The van der Waals surface area contributed by atoms with Gasteiger partial charge in [0.05, 0.1) is 10.6 Å². The van der Waals surface area contributed by atoms with Crippen molar-refractivity contribution in [3.8, 4) is 11.3 Å². The quantitative estimate of drug-likeness (QED) is 0.368. The van der Waals surface area contributed by atoms with Gasteiger partial charge in [-0.25, -0.2) is 4.98 Å². The number of hydrogen-bond donors (Lipinski definition) is 1. The van der Waals surface area contributed by atoms with Crippen molar-refractivity contribution in [2.75, 3.05) is 5.32 Å². The molecule has 1 aromatic heterocycles. The van der Waals surface area contributed by atoms with E-state index in [4.69, 9.17) is 0 Å². The van der Waals surface area contributed by atoms with Crippen LogP contribution in [-0.4, -0.2) is 9.91 Å². The maximum absolute atomic E-state index is 11.2. The van der Waals surface area contributed by atoms with E-state index in [9.17, 15) is 10.1 Å². The Bertz CT molecular complexity index is 836. The number of hydrogen-bond acceptors (Lipinski definition) is 4. The van der Waals surface area contributed by atoms with Gasteiger partial charge in [0.25, 0.3) is 0 Å². The zero-order valence-electron chi connectivity index (χ0n) is 11.9. The fourth-order valence-corrected chi connectivity index (χ4v) is 2.49. The molecule has 23 heavy (non-hydrogen) atoms. The van der Waals surface area contributed by atoms with Crippen LogP contribution in [0.25, 0.3) is 11.3 Å². The van der Waals surface area contributed by atoms with Crippen molar-refractivity contribution < 1.29 is 4.92 Å². The Kier molecular flexibility index (Phi) is 4.52. The molecule has 0 atom stereocenters. The molecule has 2 aromatic carbocycles. The van der Waals surface area contributed by atoms with Crippen molar-refractivity contribution in [3.63, 3.8) is 0 Å². The average molecular weight is 417 g/mol. The average Bonchev–Trinajstić information content (AvgIpc) is 2.57. The second-order valence-corrected chi connectivity index (χ2v) is 6.06. The van der Waals surface area contributed by atoms with Crippen molar-refractivity contribution >= 4 is 39.8 Å². The highest BCUT2D eigenvalue weighted by Gasteiger charge is 2.16. The molecule has 0 aliphatic heterocycles. The number of nitrogens with zero attached hydrogens (tertiary/aromatic N) is 2.